The number of hydrogen-bond donors (Lipinski definition) is 0. The molecule has 0 saturated carbocycles. The smallest absolute Gasteiger partial charge is 0.344 e. The van der Waals surface area contributed by atoms with Crippen LogP contribution in [-0.4, -0.2) is 11.0 Å². The number of pyridine rings is 1. The molecule has 22 heavy (non-hydrogen) atoms. The van der Waals surface area contributed by atoms with Crippen molar-refractivity contribution in [3.05, 3.63) is 83.0 Å². The van der Waals surface area contributed by atoms with E-state index in [1.54, 1.807) is 30.3 Å². The first-order valence-electron chi connectivity index (χ1n) is 6.72. The number of aromatic nitrogens is 1. The summed E-state index contributed by atoms with van der Waals surface area (Å²) in [6.07, 6.45) is 0. The van der Waals surface area contributed by atoms with Crippen LogP contribution < -0.4 is 4.74 Å². The average Bonchev–Trinajstić information content (AvgIpc) is 2.56. The molecule has 0 spiro atoms. The lowest BCUT2D eigenvalue weighted by molar-refractivity contribution is 0.0727. The highest BCUT2D eigenvalue weighted by atomic mass is 79.9. The maximum absolute atomic E-state index is 12.1. The van der Waals surface area contributed by atoms with E-state index in [9.17, 15) is 4.79 Å². The largest absolute Gasteiger partial charge is 0.404 e. The molecule has 4 heteroatoms. The Morgan fingerprint density at radius 2 is 1.50 bits per heavy atom. The highest BCUT2D eigenvalue weighted by Crippen LogP contribution is 2.20. The first-order valence-corrected chi connectivity index (χ1v) is 7.52. The summed E-state index contributed by atoms with van der Waals surface area (Å²) in [7, 11) is 0. The van der Waals surface area contributed by atoms with Gasteiger partial charge in [0, 0.05) is 6.07 Å². The standard InChI is InChI=1S/C18H12BrNO2/c19-16-7-4-8-17(20-16)22-18(21)15-11-9-14(10-12-15)13-5-2-1-3-6-13/h1-12H. The second kappa shape index (κ2) is 6.54. The van der Waals surface area contributed by atoms with Crippen LogP contribution in [0.2, 0.25) is 0 Å². The van der Waals surface area contributed by atoms with E-state index in [1.165, 1.54) is 0 Å². The third kappa shape index (κ3) is 3.40. The van der Waals surface area contributed by atoms with Crippen LogP contribution in [0.25, 0.3) is 11.1 Å². The number of esters is 1. The van der Waals surface area contributed by atoms with Gasteiger partial charge in [-0.3, -0.25) is 0 Å². The number of halogens is 1. The maximum atomic E-state index is 12.1. The molecule has 0 radical (unpaired) electrons. The van der Waals surface area contributed by atoms with E-state index >= 15 is 0 Å². The third-order valence-corrected chi connectivity index (χ3v) is 3.56. The molecule has 3 rings (SSSR count). The molecule has 1 heterocycles. The Morgan fingerprint density at radius 1 is 0.818 bits per heavy atom. The fourth-order valence-corrected chi connectivity index (χ4v) is 2.36. The Kier molecular flexibility index (Phi) is 4.30. The topological polar surface area (TPSA) is 39.2 Å². The van der Waals surface area contributed by atoms with E-state index in [1.807, 2.05) is 42.5 Å². The molecule has 3 aromatic rings. The van der Waals surface area contributed by atoms with Gasteiger partial charge in [-0.25, -0.2) is 9.78 Å². The second-order valence-electron chi connectivity index (χ2n) is 4.63. The molecule has 2 aromatic carbocycles. The van der Waals surface area contributed by atoms with E-state index in [0.29, 0.717) is 10.2 Å². The zero-order valence-electron chi connectivity index (χ0n) is 11.6. The van der Waals surface area contributed by atoms with Gasteiger partial charge in [-0.1, -0.05) is 48.5 Å². The normalized spacial score (nSPS) is 10.2. The molecular weight excluding hydrogens is 342 g/mol. The van der Waals surface area contributed by atoms with Crippen molar-refractivity contribution in [2.45, 2.75) is 0 Å². The van der Waals surface area contributed by atoms with E-state index in [-0.39, 0.29) is 5.88 Å². The monoisotopic (exact) mass is 353 g/mol. The molecule has 0 saturated heterocycles. The Labute approximate surface area is 136 Å². The minimum Gasteiger partial charge on any atom is -0.404 e. The van der Waals surface area contributed by atoms with Crippen LogP contribution >= 0.6 is 15.9 Å². The van der Waals surface area contributed by atoms with Gasteiger partial charge in [0.05, 0.1) is 5.56 Å². The third-order valence-electron chi connectivity index (χ3n) is 3.11. The van der Waals surface area contributed by atoms with Gasteiger partial charge in [0.15, 0.2) is 0 Å². The fraction of sp³-hybridized carbons (Fsp3) is 0. The first-order chi connectivity index (χ1) is 10.7. The molecule has 0 fully saturated rings. The van der Waals surface area contributed by atoms with E-state index in [4.69, 9.17) is 4.74 Å². The molecule has 0 aliphatic heterocycles. The zero-order valence-corrected chi connectivity index (χ0v) is 13.2. The van der Waals surface area contributed by atoms with Gasteiger partial charge >= 0.3 is 5.97 Å². The quantitative estimate of drug-likeness (QED) is 0.504. The van der Waals surface area contributed by atoms with E-state index < -0.39 is 5.97 Å². The van der Waals surface area contributed by atoms with Crippen molar-refractivity contribution >= 4 is 21.9 Å². The molecule has 0 aliphatic rings. The van der Waals surface area contributed by atoms with E-state index in [0.717, 1.165) is 11.1 Å². The van der Waals surface area contributed by atoms with Crippen molar-refractivity contribution in [3.63, 3.8) is 0 Å². The molecule has 0 unspecified atom stereocenters. The molecule has 0 atom stereocenters. The molecule has 0 bridgehead atoms. The summed E-state index contributed by atoms with van der Waals surface area (Å²) in [4.78, 5) is 16.2. The van der Waals surface area contributed by atoms with Crippen LogP contribution in [0.1, 0.15) is 10.4 Å². The SMILES string of the molecule is O=C(Oc1cccc(Br)n1)c1ccc(-c2ccccc2)cc1. The van der Waals surface area contributed by atoms with Crippen molar-refractivity contribution in [2.75, 3.05) is 0 Å². The summed E-state index contributed by atoms with van der Waals surface area (Å²) >= 11 is 3.24. The number of carbonyl (C=O) groups is 1. The fourth-order valence-electron chi connectivity index (χ4n) is 2.03. The van der Waals surface area contributed by atoms with Crippen molar-refractivity contribution in [3.8, 4) is 17.0 Å². The molecule has 0 amide bonds. The van der Waals surface area contributed by atoms with Crippen molar-refractivity contribution < 1.29 is 9.53 Å². The van der Waals surface area contributed by atoms with Gasteiger partial charge in [0.25, 0.3) is 0 Å². The second-order valence-corrected chi connectivity index (χ2v) is 5.44. The van der Waals surface area contributed by atoms with Gasteiger partial charge in [0.1, 0.15) is 4.60 Å². The number of carbonyl (C=O) groups excluding carboxylic acids is 1. The van der Waals surface area contributed by atoms with Gasteiger partial charge in [-0.2, -0.15) is 0 Å². The summed E-state index contributed by atoms with van der Waals surface area (Å²) in [5, 5.41) is 0. The Balaban J connectivity index is 1.76. The highest BCUT2D eigenvalue weighted by Gasteiger charge is 2.09. The van der Waals surface area contributed by atoms with Crippen LogP contribution in [0.3, 0.4) is 0 Å². The lowest BCUT2D eigenvalue weighted by Gasteiger charge is -2.05. The van der Waals surface area contributed by atoms with Crippen LogP contribution in [0.15, 0.2) is 77.4 Å². The van der Waals surface area contributed by atoms with Gasteiger partial charge in [-0.05, 0) is 45.3 Å². The summed E-state index contributed by atoms with van der Waals surface area (Å²) in [6.45, 7) is 0. The van der Waals surface area contributed by atoms with Gasteiger partial charge in [0.2, 0.25) is 5.88 Å². The van der Waals surface area contributed by atoms with Gasteiger partial charge in [-0.15, -0.1) is 0 Å². The number of benzene rings is 2. The molecule has 1 aromatic heterocycles. The number of ether oxygens (including phenoxy) is 1. The minimum atomic E-state index is -0.426. The van der Waals surface area contributed by atoms with Crippen molar-refractivity contribution in [1.29, 1.82) is 0 Å². The summed E-state index contributed by atoms with van der Waals surface area (Å²) in [5.41, 5.74) is 2.65. The van der Waals surface area contributed by atoms with Crippen LogP contribution in [0.4, 0.5) is 0 Å². The summed E-state index contributed by atoms with van der Waals surface area (Å²) in [5.74, 6) is -0.156. The van der Waals surface area contributed by atoms with Crippen LogP contribution in [0.5, 0.6) is 5.88 Å². The van der Waals surface area contributed by atoms with Crippen LogP contribution in [0, 0.1) is 0 Å². The number of nitrogens with zero attached hydrogens (tertiary/aromatic N) is 1. The Morgan fingerprint density at radius 3 is 2.18 bits per heavy atom. The Bertz CT molecular complexity index is 786. The molecule has 3 nitrogen and oxygen atoms in total. The zero-order chi connectivity index (χ0) is 15.4. The predicted molar refractivity (Wildman–Crippen MR) is 88.8 cm³/mol. The lowest BCUT2D eigenvalue weighted by atomic mass is 10.0. The summed E-state index contributed by atoms with van der Waals surface area (Å²) in [6, 6.07) is 22.5. The maximum Gasteiger partial charge on any atom is 0.344 e. The van der Waals surface area contributed by atoms with E-state index in [2.05, 4.69) is 20.9 Å². The van der Waals surface area contributed by atoms with Crippen molar-refractivity contribution in [1.82, 2.24) is 4.98 Å². The molecule has 0 aliphatic carbocycles. The predicted octanol–water partition coefficient (Wildman–Crippen LogP) is 4.73. The lowest BCUT2D eigenvalue weighted by Crippen LogP contribution is -2.09. The number of hydrogen-bond acceptors (Lipinski definition) is 3. The summed E-state index contributed by atoms with van der Waals surface area (Å²) < 4.78 is 5.87. The first kappa shape index (κ1) is 14.5. The average molecular weight is 354 g/mol. The molecule has 108 valence electrons. The highest BCUT2D eigenvalue weighted by molar-refractivity contribution is 9.10. The van der Waals surface area contributed by atoms with Crippen LogP contribution in [-0.2, 0) is 0 Å². The number of rotatable bonds is 3. The molecule has 0 N–H and O–H groups in total. The van der Waals surface area contributed by atoms with Crippen molar-refractivity contribution in [2.24, 2.45) is 0 Å². The molecular formula is C18H12BrNO2. The van der Waals surface area contributed by atoms with Gasteiger partial charge < -0.3 is 4.74 Å². The Hall–Kier alpha value is -2.46. The minimum absolute atomic E-state index is 0.270.